The van der Waals surface area contributed by atoms with Gasteiger partial charge >= 0.3 is 0 Å². The summed E-state index contributed by atoms with van der Waals surface area (Å²) in [5.41, 5.74) is 1.50. The molecule has 3 rings (SSSR count). The van der Waals surface area contributed by atoms with Crippen LogP contribution in [0, 0.1) is 0 Å². The Morgan fingerprint density at radius 1 is 1.26 bits per heavy atom. The second kappa shape index (κ2) is 5.55. The number of aromatic nitrogens is 1. The highest BCUT2D eigenvalue weighted by Gasteiger charge is 2.17. The predicted octanol–water partition coefficient (Wildman–Crippen LogP) is 2.28. The molecule has 1 aliphatic rings. The summed E-state index contributed by atoms with van der Waals surface area (Å²) in [6.07, 6.45) is 2.00. The SMILES string of the molecule is OCc1cc(OC2CCOCC2)c2ccccc2n1. The van der Waals surface area contributed by atoms with E-state index in [0.717, 1.165) is 42.7 Å². The number of ether oxygens (including phenoxy) is 2. The van der Waals surface area contributed by atoms with Crippen LogP contribution in [0.1, 0.15) is 18.5 Å². The normalized spacial score (nSPS) is 16.7. The van der Waals surface area contributed by atoms with E-state index in [1.165, 1.54) is 0 Å². The summed E-state index contributed by atoms with van der Waals surface area (Å²) in [4.78, 5) is 4.39. The van der Waals surface area contributed by atoms with Gasteiger partial charge in [-0.15, -0.1) is 0 Å². The van der Waals surface area contributed by atoms with Crippen molar-refractivity contribution < 1.29 is 14.6 Å². The zero-order valence-electron chi connectivity index (χ0n) is 10.7. The third-order valence-corrected chi connectivity index (χ3v) is 3.36. The molecule has 2 heterocycles. The van der Waals surface area contributed by atoms with E-state index in [4.69, 9.17) is 9.47 Å². The van der Waals surface area contributed by atoms with Gasteiger partial charge in [-0.2, -0.15) is 0 Å². The second-order valence-corrected chi connectivity index (χ2v) is 4.72. The van der Waals surface area contributed by atoms with Crippen LogP contribution in [-0.2, 0) is 11.3 Å². The summed E-state index contributed by atoms with van der Waals surface area (Å²) >= 11 is 0. The molecule has 0 saturated carbocycles. The maximum absolute atomic E-state index is 9.29. The quantitative estimate of drug-likeness (QED) is 0.918. The lowest BCUT2D eigenvalue weighted by atomic mass is 10.1. The van der Waals surface area contributed by atoms with E-state index in [2.05, 4.69) is 4.98 Å². The van der Waals surface area contributed by atoms with Gasteiger partial charge in [-0.25, -0.2) is 0 Å². The number of hydrogen-bond acceptors (Lipinski definition) is 4. The minimum atomic E-state index is -0.0744. The molecule has 1 aliphatic heterocycles. The molecule has 0 aliphatic carbocycles. The highest BCUT2D eigenvalue weighted by molar-refractivity contribution is 5.85. The Morgan fingerprint density at radius 2 is 2.05 bits per heavy atom. The number of hydrogen-bond donors (Lipinski definition) is 1. The second-order valence-electron chi connectivity index (χ2n) is 4.72. The van der Waals surface area contributed by atoms with Crippen LogP contribution < -0.4 is 4.74 Å². The van der Waals surface area contributed by atoms with Crippen LogP contribution in [0.3, 0.4) is 0 Å². The average molecular weight is 259 g/mol. The van der Waals surface area contributed by atoms with Crippen molar-refractivity contribution in [3.05, 3.63) is 36.0 Å². The molecule has 19 heavy (non-hydrogen) atoms. The number of fused-ring (bicyclic) bond motifs is 1. The summed E-state index contributed by atoms with van der Waals surface area (Å²) in [5, 5.41) is 10.3. The molecule has 4 nitrogen and oxygen atoms in total. The Hall–Kier alpha value is -1.65. The molecule has 1 aromatic heterocycles. The van der Waals surface area contributed by atoms with Crippen LogP contribution >= 0.6 is 0 Å². The molecule has 1 aromatic carbocycles. The first kappa shape index (κ1) is 12.4. The third-order valence-electron chi connectivity index (χ3n) is 3.36. The molecule has 0 spiro atoms. The van der Waals surface area contributed by atoms with E-state index >= 15 is 0 Å². The van der Waals surface area contributed by atoms with Gasteiger partial charge < -0.3 is 14.6 Å². The van der Waals surface area contributed by atoms with E-state index in [-0.39, 0.29) is 12.7 Å². The number of aliphatic hydroxyl groups excluding tert-OH is 1. The number of pyridine rings is 1. The van der Waals surface area contributed by atoms with E-state index in [1.54, 1.807) is 0 Å². The summed E-state index contributed by atoms with van der Waals surface area (Å²) in [7, 11) is 0. The van der Waals surface area contributed by atoms with Gasteiger partial charge in [-0.05, 0) is 12.1 Å². The van der Waals surface area contributed by atoms with Gasteiger partial charge in [-0.1, -0.05) is 12.1 Å². The highest BCUT2D eigenvalue weighted by Crippen LogP contribution is 2.28. The van der Waals surface area contributed by atoms with Gasteiger partial charge in [-0.3, -0.25) is 4.98 Å². The van der Waals surface area contributed by atoms with Crippen molar-refractivity contribution in [2.45, 2.75) is 25.6 Å². The number of aliphatic hydroxyl groups is 1. The Bertz CT molecular complexity index is 564. The molecule has 0 radical (unpaired) electrons. The van der Waals surface area contributed by atoms with Gasteiger partial charge in [0.15, 0.2) is 0 Å². The van der Waals surface area contributed by atoms with E-state index < -0.39 is 0 Å². The number of nitrogens with zero attached hydrogens (tertiary/aromatic N) is 1. The molecule has 0 atom stereocenters. The lowest BCUT2D eigenvalue weighted by Crippen LogP contribution is -2.26. The van der Waals surface area contributed by atoms with Crippen molar-refractivity contribution in [3.63, 3.8) is 0 Å². The van der Waals surface area contributed by atoms with Crippen LogP contribution in [0.2, 0.25) is 0 Å². The molecule has 0 unspecified atom stereocenters. The first-order valence-corrected chi connectivity index (χ1v) is 6.61. The van der Waals surface area contributed by atoms with Crippen LogP contribution in [0.4, 0.5) is 0 Å². The van der Waals surface area contributed by atoms with Crippen LogP contribution in [-0.4, -0.2) is 29.4 Å². The lowest BCUT2D eigenvalue weighted by molar-refractivity contribution is 0.0261. The maximum atomic E-state index is 9.29. The van der Waals surface area contributed by atoms with Crippen molar-refractivity contribution in [1.82, 2.24) is 4.98 Å². The third kappa shape index (κ3) is 2.69. The molecule has 100 valence electrons. The Kier molecular flexibility index (Phi) is 3.62. The van der Waals surface area contributed by atoms with Crippen LogP contribution in [0.15, 0.2) is 30.3 Å². The first-order valence-electron chi connectivity index (χ1n) is 6.61. The molecule has 1 fully saturated rings. The van der Waals surface area contributed by atoms with Crippen LogP contribution in [0.25, 0.3) is 10.9 Å². The molecule has 1 saturated heterocycles. The largest absolute Gasteiger partial charge is 0.489 e. The summed E-state index contributed by atoms with van der Waals surface area (Å²) in [6.45, 7) is 1.43. The minimum absolute atomic E-state index is 0.0744. The van der Waals surface area contributed by atoms with Gasteiger partial charge in [0.1, 0.15) is 11.9 Å². The highest BCUT2D eigenvalue weighted by atomic mass is 16.5. The van der Waals surface area contributed by atoms with Crippen molar-refractivity contribution >= 4 is 10.9 Å². The summed E-state index contributed by atoms with van der Waals surface area (Å²) < 4.78 is 11.4. The van der Waals surface area contributed by atoms with Gasteiger partial charge in [0.2, 0.25) is 0 Å². The zero-order chi connectivity index (χ0) is 13.1. The topological polar surface area (TPSA) is 51.6 Å². The zero-order valence-corrected chi connectivity index (χ0v) is 10.7. The standard InChI is InChI=1S/C15H17NO3/c17-10-11-9-15(19-12-5-7-18-8-6-12)13-3-1-2-4-14(13)16-11/h1-4,9,12,17H,5-8,10H2. The Labute approximate surface area is 112 Å². The summed E-state index contributed by atoms with van der Waals surface area (Å²) in [5.74, 6) is 0.807. The van der Waals surface area contributed by atoms with Gasteiger partial charge in [0.05, 0.1) is 31.0 Å². The van der Waals surface area contributed by atoms with E-state index in [9.17, 15) is 5.11 Å². The monoisotopic (exact) mass is 259 g/mol. The Balaban J connectivity index is 1.95. The number of rotatable bonds is 3. The van der Waals surface area contributed by atoms with Gasteiger partial charge in [0.25, 0.3) is 0 Å². The van der Waals surface area contributed by atoms with Crippen molar-refractivity contribution in [2.24, 2.45) is 0 Å². The van der Waals surface area contributed by atoms with Crippen molar-refractivity contribution in [1.29, 1.82) is 0 Å². The predicted molar refractivity (Wildman–Crippen MR) is 72.1 cm³/mol. The fraction of sp³-hybridized carbons (Fsp3) is 0.400. The molecular weight excluding hydrogens is 242 g/mol. The molecule has 0 amide bonds. The molecule has 0 bridgehead atoms. The Morgan fingerprint density at radius 3 is 2.84 bits per heavy atom. The number of benzene rings is 1. The fourth-order valence-electron chi connectivity index (χ4n) is 2.35. The first-order chi connectivity index (χ1) is 9.36. The maximum Gasteiger partial charge on any atom is 0.131 e. The smallest absolute Gasteiger partial charge is 0.131 e. The average Bonchev–Trinajstić information content (AvgIpc) is 2.48. The van der Waals surface area contributed by atoms with Gasteiger partial charge in [0, 0.05) is 24.3 Å². The molecule has 1 N–H and O–H groups in total. The van der Waals surface area contributed by atoms with Crippen molar-refractivity contribution in [2.75, 3.05) is 13.2 Å². The lowest BCUT2D eigenvalue weighted by Gasteiger charge is -2.24. The van der Waals surface area contributed by atoms with Crippen LogP contribution in [0.5, 0.6) is 5.75 Å². The van der Waals surface area contributed by atoms with E-state index in [1.807, 2.05) is 30.3 Å². The molecule has 2 aromatic rings. The summed E-state index contributed by atoms with van der Waals surface area (Å²) in [6, 6.07) is 9.68. The van der Waals surface area contributed by atoms with Crippen molar-refractivity contribution in [3.8, 4) is 5.75 Å². The fourth-order valence-corrected chi connectivity index (χ4v) is 2.35. The number of para-hydroxylation sites is 1. The molecule has 4 heteroatoms. The minimum Gasteiger partial charge on any atom is -0.489 e. The molecular formula is C15H17NO3. The van der Waals surface area contributed by atoms with E-state index in [0.29, 0.717) is 5.69 Å².